The molecule has 0 atom stereocenters. The Hall–Kier alpha value is -2.99. The van der Waals surface area contributed by atoms with Gasteiger partial charge < -0.3 is 4.18 Å². The molecule has 0 aliphatic rings. The zero-order valence-corrected chi connectivity index (χ0v) is 13.3. The van der Waals surface area contributed by atoms with E-state index in [4.69, 9.17) is 4.18 Å². The third-order valence-electron chi connectivity index (χ3n) is 3.28. The van der Waals surface area contributed by atoms with Crippen LogP contribution >= 0.6 is 0 Å². The zero-order valence-electron chi connectivity index (χ0n) is 12.5. The summed E-state index contributed by atoms with van der Waals surface area (Å²) in [7, 11) is -3.95. The van der Waals surface area contributed by atoms with Crippen molar-refractivity contribution in [3.63, 3.8) is 0 Å². The van der Waals surface area contributed by atoms with Gasteiger partial charge in [0.2, 0.25) is 0 Å². The monoisotopic (exact) mass is 339 g/mol. The normalized spacial score (nSPS) is 11.0. The van der Waals surface area contributed by atoms with Crippen LogP contribution in [0.4, 0.5) is 0 Å². The van der Waals surface area contributed by atoms with Gasteiger partial charge in [-0.05, 0) is 36.4 Å². The first-order valence-corrected chi connectivity index (χ1v) is 8.51. The summed E-state index contributed by atoms with van der Waals surface area (Å²) in [6, 6.07) is 17.7. The first kappa shape index (κ1) is 15.9. The highest BCUT2D eigenvalue weighted by molar-refractivity contribution is 7.87. The number of hydrogen-bond donors (Lipinski definition) is 0. The fourth-order valence-electron chi connectivity index (χ4n) is 2.09. The highest BCUT2D eigenvalue weighted by Crippen LogP contribution is 2.20. The number of ketones is 1. The lowest BCUT2D eigenvalue weighted by molar-refractivity contribution is 0.103. The van der Waals surface area contributed by atoms with Crippen LogP contribution in [0.2, 0.25) is 0 Å². The maximum absolute atomic E-state index is 12.3. The smallest absolute Gasteiger partial charge is 0.340 e. The Bertz CT molecular complexity index is 937. The third kappa shape index (κ3) is 3.49. The predicted molar refractivity (Wildman–Crippen MR) is 88.4 cm³/mol. The van der Waals surface area contributed by atoms with Gasteiger partial charge in [-0.3, -0.25) is 9.78 Å². The van der Waals surface area contributed by atoms with Crippen molar-refractivity contribution in [2.75, 3.05) is 0 Å². The van der Waals surface area contributed by atoms with Crippen molar-refractivity contribution in [1.29, 1.82) is 0 Å². The molecule has 3 aromatic rings. The number of carbonyl (C=O) groups is 1. The molecule has 0 amide bonds. The predicted octanol–water partition coefficient (Wildman–Crippen LogP) is 3.08. The zero-order chi connectivity index (χ0) is 17.0. The SMILES string of the molecule is O=C(c1ccccc1)c1ccc(OS(=O)(=O)c2cccnc2)cc1. The molecule has 0 aliphatic carbocycles. The van der Waals surface area contributed by atoms with E-state index in [1.807, 2.05) is 6.07 Å². The van der Waals surface area contributed by atoms with E-state index >= 15 is 0 Å². The number of carbonyl (C=O) groups excluding carboxylic acids is 1. The van der Waals surface area contributed by atoms with E-state index in [1.165, 1.54) is 48.8 Å². The Labute approximate surface area is 139 Å². The van der Waals surface area contributed by atoms with Crippen LogP contribution < -0.4 is 4.18 Å². The summed E-state index contributed by atoms with van der Waals surface area (Å²) in [5, 5.41) is 0. The summed E-state index contributed by atoms with van der Waals surface area (Å²) >= 11 is 0. The van der Waals surface area contributed by atoms with Crippen LogP contribution in [0.1, 0.15) is 15.9 Å². The van der Waals surface area contributed by atoms with Gasteiger partial charge in [-0.2, -0.15) is 8.42 Å². The van der Waals surface area contributed by atoms with Crippen molar-refractivity contribution in [3.8, 4) is 5.75 Å². The minimum atomic E-state index is -3.95. The molecule has 0 unspecified atom stereocenters. The Balaban J connectivity index is 1.79. The van der Waals surface area contributed by atoms with Crippen LogP contribution in [0.5, 0.6) is 5.75 Å². The molecule has 2 aromatic carbocycles. The van der Waals surface area contributed by atoms with Crippen LogP contribution in [-0.4, -0.2) is 19.2 Å². The Morgan fingerprint density at radius 3 is 2.12 bits per heavy atom. The lowest BCUT2D eigenvalue weighted by Crippen LogP contribution is -2.10. The molecule has 0 N–H and O–H groups in total. The number of aromatic nitrogens is 1. The van der Waals surface area contributed by atoms with Crippen LogP contribution in [0.25, 0.3) is 0 Å². The molecular weight excluding hydrogens is 326 g/mol. The minimum absolute atomic E-state index is 0.0329. The topological polar surface area (TPSA) is 73.3 Å². The molecule has 0 spiro atoms. The minimum Gasteiger partial charge on any atom is -0.379 e. The lowest BCUT2D eigenvalue weighted by atomic mass is 10.0. The molecule has 24 heavy (non-hydrogen) atoms. The van der Waals surface area contributed by atoms with E-state index in [0.717, 1.165) is 0 Å². The summed E-state index contributed by atoms with van der Waals surface area (Å²) in [6.45, 7) is 0. The molecule has 3 rings (SSSR count). The first-order chi connectivity index (χ1) is 11.6. The van der Waals surface area contributed by atoms with Crippen molar-refractivity contribution in [3.05, 3.63) is 90.3 Å². The second kappa shape index (κ2) is 6.64. The van der Waals surface area contributed by atoms with Crippen molar-refractivity contribution in [2.45, 2.75) is 4.90 Å². The fraction of sp³-hybridized carbons (Fsp3) is 0. The highest BCUT2D eigenvalue weighted by Gasteiger charge is 2.17. The van der Waals surface area contributed by atoms with Crippen LogP contribution in [0, 0.1) is 0 Å². The maximum Gasteiger partial charge on any atom is 0.340 e. The number of nitrogens with zero attached hydrogens (tertiary/aromatic N) is 1. The summed E-state index contributed by atoms with van der Waals surface area (Å²) in [4.78, 5) is 16.0. The fourth-order valence-corrected chi connectivity index (χ4v) is 2.98. The number of pyridine rings is 1. The Morgan fingerprint density at radius 2 is 1.50 bits per heavy atom. The van der Waals surface area contributed by atoms with Crippen molar-refractivity contribution in [1.82, 2.24) is 4.98 Å². The lowest BCUT2D eigenvalue weighted by Gasteiger charge is -2.07. The highest BCUT2D eigenvalue weighted by atomic mass is 32.2. The van der Waals surface area contributed by atoms with Crippen molar-refractivity contribution >= 4 is 15.9 Å². The van der Waals surface area contributed by atoms with E-state index < -0.39 is 10.1 Å². The number of hydrogen-bond acceptors (Lipinski definition) is 5. The van der Waals surface area contributed by atoms with E-state index in [-0.39, 0.29) is 16.4 Å². The van der Waals surface area contributed by atoms with Gasteiger partial charge in [-0.15, -0.1) is 0 Å². The van der Waals surface area contributed by atoms with Gasteiger partial charge in [-0.25, -0.2) is 0 Å². The summed E-state index contributed by atoms with van der Waals surface area (Å²) in [5.74, 6) is -0.0132. The van der Waals surface area contributed by atoms with Crippen molar-refractivity contribution in [2.24, 2.45) is 0 Å². The van der Waals surface area contributed by atoms with Gasteiger partial charge in [0, 0.05) is 23.5 Å². The average molecular weight is 339 g/mol. The Kier molecular flexibility index (Phi) is 4.39. The molecule has 120 valence electrons. The van der Waals surface area contributed by atoms with E-state index in [9.17, 15) is 13.2 Å². The molecule has 5 nitrogen and oxygen atoms in total. The second-order valence-corrected chi connectivity index (χ2v) is 6.49. The summed E-state index contributed by atoms with van der Waals surface area (Å²) in [6.07, 6.45) is 2.69. The van der Waals surface area contributed by atoms with E-state index in [1.54, 1.807) is 24.3 Å². The summed E-state index contributed by atoms with van der Waals surface area (Å²) in [5.41, 5.74) is 1.02. The maximum atomic E-state index is 12.3. The average Bonchev–Trinajstić information content (AvgIpc) is 2.63. The molecule has 0 bridgehead atoms. The molecule has 0 saturated heterocycles. The van der Waals surface area contributed by atoms with Crippen molar-refractivity contribution < 1.29 is 17.4 Å². The Morgan fingerprint density at radius 1 is 0.833 bits per heavy atom. The molecule has 6 heteroatoms. The second-order valence-electron chi connectivity index (χ2n) is 4.95. The van der Waals surface area contributed by atoms with Gasteiger partial charge in [0.05, 0.1) is 0 Å². The molecule has 1 aromatic heterocycles. The van der Waals surface area contributed by atoms with Crippen LogP contribution in [0.3, 0.4) is 0 Å². The molecule has 0 radical (unpaired) electrons. The molecular formula is C18H13NO4S. The number of benzene rings is 2. The van der Waals surface area contributed by atoms with Gasteiger partial charge >= 0.3 is 10.1 Å². The van der Waals surface area contributed by atoms with E-state index in [2.05, 4.69) is 4.98 Å². The van der Waals surface area contributed by atoms with Crippen LogP contribution in [-0.2, 0) is 10.1 Å². The van der Waals surface area contributed by atoms with Gasteiger partial charge in [0.1, 0.15) is 10.6 Å². The largest absolute Gasteiger partial charge is 0.379 e. The molecule has 0 fully saturated rings. The van der Waals surface area contributed by atoms with Crippen LogP contribution in [0.15, 0.2) is 84.0 Å². The summed E-state index contributed by atoms with van der Waals surface area (Å²) < 4.78 is 29.3. The third-order valence-corrected chi connectivity index (χ3v) is 4.51. The molecule has 1 heterocycles. The van der Waals surface area contributed by atoms with Gasteiger partial charge in [0.15, 0.2) is 5.78 Å². The van der Waals surface area contributed by atoms with Gasteiger partial charge in [-0.1, -0.05) is 30.3 Å². The van der Waals surface area contributed by atoms with E-state index in [0.29, 0.717) is 11.1 Å². The quantitative estimate of drug-likeness (QED) is 0.527. The van der Waals surface area contributed by atoms with Gasteiger partial charge in [0.25, 0.3) is 0 Å². The molecule has 0 aliphatic heterocycles. The molecule has 0 saturated carbocycles. The standard InChI is InChI=1S/C18H13NO4S/c20-18(14-5-2-1-3-6-14)15-8-10-16(11-9-15)23-24(21,22)17-7-4-12-19-13-17/h1-13H. The first-order valence-electron chi connectivity index (χ1n) is 7.10. The number of rotatable bonds is 5.